The molecule has 0 bridgehead atoms. The number of carbonyl (C=O) groups excluding carboxylic acids is 1. The van der Waals surface area contributed by atoms with Crippen molar-refractivity contribution in [3.8, 4) is 17.2 Å². The summed E-state index contributed by atoms with van der Waals surface area (Å²) >= 11 is 6.17. The number of hydrogen-bond donors (Lipinski definition) is 0. The second kappa shape index (κ2) is 6.06. The Bertz CT molecular complexity index is 669. The molecule has 0 atom stereocenters. The van der Waals surface area contributed by atoms with Gasteiger partial charge in [-0.25, -0.2) is 0 Å². The van der Waals surface area contributed by atoms with E-state index in [-0.39, 0.29) is 0 Å². The van der Waals surface area contributed by atoms with Crippen LogP contribution in [-0.4, -0.2) is 19.5 Å². The highest BCUT2D eigenvalue weighted by Crippen LogP contribution is 2.38. The van der Waals surface area contributed by atoms with Crippen molar-refractivity contribution in [2.24, 2.45) is 0 Å². The fourth-order valence-corrected chi connectivity index (χ4v) is 2.38. The van der Waals surface area contributed by atoms with Crippen molar-refractivity contribution < 1.29 is 19.0 Å². The maximum Gasteiger partial charge on any atom is 0.179 e. The van der Waals surface area contributed by atoms with Gasteiger partial charge in [0.1, 0.15) is 31.9 Å². The van der Waals surface area contributed by atoms with Crippen LogP contribution in [0.1, 0.15) is 15.9 Å². The van der Waals surface area contributed by atoms with Crippen LogP contribution in [0.2, 0.25) is 5.02 Å². The molecule has 0 aliphatic carbocycles. The molecule has 3 rings (SSSR count). The smallest absolute Gasteiger partial charge is 0.179 e. The summed E-state index contributed by atoms with van der Waals surface area (Å²) in [4.78, 5) is 10.7. The van der Waals surface area contributed by atoms with Crippen LogP contribution >= 0.6 is 11.6 Å². The van der Waals surface area contributed by atoms with Crippen LogP contribution in [0.25, 0.3) is 0 Å². The van der Waals surface area contributed by atoms with Crippen molar-refractivity contribution in [2.75, 3.05) is 13.2 Å². The molecule has 0 spiro atoms. The fourth-order valence-electron chi connectivity index (χ4n) is 2.09. The van der Waals surface area contributed by atoms with E-state index in [4.69, 9.17) is 25.8 Å². The SMILES string of the molecule is O=Cc1cccc(OCc2cc(Cl)c3c(c2)OCCO3)c1. The second-order valence-corrected chi connectivity index (χ2v) is 4.99. The molecule has 0 amide bonds. The van der Waals surface area contributed by atoms with Crippen LogP contribution < -0.4 is 14.2 Å². The van der Waals surface area contributed by atoms with E-state index in [2.05, 4.69) is 0 Å². The van der Waals surface area contributed by atoms with Crippen molar-refractivity contribution in [3.63, 3.8) is 0 Å². The van der Waals surface area contributed by atoms with E-state index in [0.717, 1.165) is 11.8 Å². The normalized spacial score (nSPS) is 12.8. The predicted octanol–water partition coefficient (Wildman–Crippen LogP) is 3.50. The Balaban J connectivity index is 1.75. The molecule has 4 nitrogen and oxygen atoms in total. The Morgan fingerprint density at radius 3 is 2.90 bits per heavy atom. The van der Waals surface area contributed by atoms with Crippen LogP contribution in [0.15, 0.2) is 36.4 Å². The number of rotatable bonds is 4. The summed E-state index contributed by atoms with van der Waals surface area (Å²) in [5.41, 5.74) is 1.45. The highest BCUT2D eigenvalue weighted by atomic mass is 35.5. The lowest BCUT2D eigenvalue weighted by Crippen LogP contribution is -2.16. The number of aldehydes is 1. The Kier molecular flexibility index (Phi) is 3.97. The van der Waals surface area contributed by atoms with Gasteiger partial charge in [0.05, 0.1) is 5.02 Å². The molecule has 21 heavy (non-hydrogen) atoms. The first kappa shape index (κ1) is 13.8. The molecule has 2 aromatic carbocycles. The second-order valence-electron chi connectivity index (χ2n) is 4.58. The van der Waals surface area contributed by atoms with E-state index in [9.17, 15) is 4.79 Å². The summed E-state index contributed by atoms with van der Waals surface area (Å²) < 4.78 is 16.7. The van der Waals surface area contributed by atoms with Crippen LogP contribution in [0.5, 0.6) is 17.2 Å². The Morgan fingerprint density at radius 1 is 1.19 bits per heavy atom. The van der Waals surface area contributed by atoms with Crippen LogP contribution in [0.4, 0.5) is 0 Å². The molecule has 0 aromatic heterocycles. The lowest BCUT2D eigenvalue weighted by Gasteiger charge is -2.20. The highest BCUT2D eigenvalue weighted by Gasteiger charge is 2.16. The summed E-state index contributed by atoms with van der Waals surface area (Å²) in [5.74, 6) is 1.84. The largest absolute Gasteiger partial charge is 0.489 e. The minimum Gasteiger partial charge on any atom is -0.489 e. The minimum atomic E-state index is 0.332. The average Bonchev–Trinajstić information content (AvgIpc) is 2.53. The Hall–Kier alpha value is -2.20. The molecule has 1 aliphatic rings. The molecular weight excluding hydrogens is 292 g/mol. The zero-order valence-electron chi connectivity index (χ0n) is 11.2. The number of ether oxygens (including phenoxy) is 3. The summed E-state index contributed by atoms with van der Waals surface area (Å²) in [5, 5.41) is 0.507. The maximum atomic E-state index is 10.7. The van der Waals surface area contributed by atoms with E-state index < -0.39 is 0 Å². The first-order valence-electron chi connectivity index (χ1n) is 6.52. The van der Waals surface area contributed by atoms with Crippen molar-refractivity contribution >= 4 is 17.9 Å². The number of carbonyl (C=O) groups is 1. The molecular formula is C16H13ClO4. The summed E-state index contributed by atoms with van der Waals surface area (Å²) in [6, 6.07) is 10.6. The third-order valence-electron chi connectivity index (χ3n) is 3.06. The summed E-state index contributed by atoms with van der Waals surface area (Å²) in [7, 11) is 0. The van der Waals surface area contributed by atoms with Crippen molar-refractivity contribution in [1.29, 1.82) is 0 Å². The lowest BCUT2D eigenvalue weighted by molar-refractivity contribution is 0.112. The van der Waals surface area contributed by atoms with E-state index >= 15 is 0 Å². The monoisotopic (exact) mass is 304 g/mol. The van der Waals surface area contributed by atoms with Gasteiger partial charge in [-0.15, -0.1) is 0 Å². The highest BCUT2D eigenvalue weighted by molar-refractivity contribution is 6.32. The summed E-state index contributed by atoms with van der Waals surface area (Å²) in [6.07, 6.45) is 0.786. The van der Waals surface area contributed by atoms with Crippen LogP contribution in [0, 0.1) is 0 Å². The standard InChI is InChI=1S/C16H13ClO4/c17-14-7-12(8-15-16(14)20-5-4-19-15)10-21-13-3-1-2-11(6-13)9-18/h1-3,6-9H,4-5,10H2. The maximum absolute atomic E-state index is 10.7. The van der Waals surface area contributed by atoms with Gasteiger partial charge in [0.25, 0.3) is 0 Å². The third kappa shape index (κ3) is 3.11. The van der Waals surface area contributed by atoms with E-state index in [1.54, 1.807) is 30.3 Å². The van der Waals surface area contributed by atoms with Crippen molar-refractivity contribution in [2.45, 2.75) is 6.61 Å². The Labute approximate surface area is 127 Å². The molecule has 1 heterocycles. The molecule has 0 N–H and O–H groups in total. The van der Waals surface area contributed by atoms with Crippen LogP contribution in [0.3, 0.4) is 0 Å². The van der Waals surface area contributed by atoms with E-state index in [0.29, 0.717) is 47.7 Å². The molecule has 5 heteroatoms. The fraction of sp³-hybridized carbons (Fsp3) is 0.188. The molecule has 1 aliphatic heterocycles. The van der Waals surface area contributed by atoms with Gasteiger partial charge in [0.2, 0.25) is 0 Å². The number of benzene rings is 2. The molecule has 0 fully saturated rings. The van der Waals surface area contributed by atoms with Crippen LogP contribution in [-0.2, 0) is 6.61 Å². The average molecular weight is 305 g/mol. The Morgan fingerprint density at radius 2 is 2.05 bits per heavy atom. The quantitative estimate of drug-likeness (QED) is 0.811. The van der Waals surface area contributed by atoms with Crippen molar-refractivity contribution in [1.82, 2.24) is 0 Å². The summed E-state index contributed by atoms with van der Waals surface area (Å²) in [6.45, 7) is 1.34. The third-order valence-corrected chi connectivity index (χ3v) is 3.34. The topological polar surface area (TPSA) is 44.8 Å². The number of fused-ring (bicyclic) bond motifs is 1. The zero-order chi connectivity index (χ0) is 14.7. The van der Waals surface area contributed by atoms with Crippen molar-refractivity contribution in [3.05, 3.63) is 52.5 Å². The molecule has 0 unspecified atom stereocenters. The van der Waals surface area contributed by atoms with Gasteiger partial charge in [-0.05, 0) is 29.8 Å². The van der Waals surface area contributed by atoms with Gasteiger partial charge >= 0.3 is 0 Å². The van der Waals surface area contributed by atoms with Gasteiger partial charge in [-0.1, -0.05) is 23.7 Å². The lowest BCUT2D eigenvalue weighted by atomic mass is 10.2. The number of hydrogen-bond acceptors (Lipinski definition) is 4. The van der Waals surface area contributed by atoms with E-state index in [1.165, 1.54) is 0 Å². The first-order chi connectivity index (χ1) is 10.3. The van der Waals surface area contributed by atoms with Gasteiger partial charge in [-0.2, -0.15) is 0 Å². The molecule has 0 saturated heterocycles. The van der Waals surface area contributed by atoms with E-state index in [1.807, 2.05) is 6.07 Å². The first-order valence-corrected chi connectivity index (χ1v) is 6.90. The molecule has 108 valence electrons. The molecule has 0 radical (unpaired) electrons. The molecule has 2 aromatic rings. The minimum absolute atomic E-state index is 0.332. The van der Waals surface area contributed by atoms with Gasteiger partial charge in [0, 0.05) is 5.56 Å². The number of halogens is 1. The predicted molar refractivity (Wildman–Crippen MR) is 78.6 cm³/mol. The van der Waals surface area contributed by atoms with Gasteiger partial charge in [0.15, 0.2) is 11.5 Å². The molecule has 0 saturated carbocycles. The van der Waals surface area contributed by atoms with Gasteiger partial charge < -0.3 is 14.2 Å². The van der Waals surface area contributed by atoms with Gasteiger partial charge in [-0.3, -0.25) is 4.79 Å². The zero-order valence-corrected chi connectivity index (χ0v) is 11.9.